The highest BCUT2D eigenvalue weighted by atomic mass is 127. The molecule has 0 N–H and O–H groups in total. The lowest BCUT2D eigenvalue weighted by molar-refractivity contribution is 0.620. The van der Waals surface area contributed by atoms with Crippen LogP contribution in [0.5, 0.6) is 0 Å². The van der Waals surface area contributed by atoms with Crippen LogP contribution < -0.4 is 5.56 Å². The average Bonchev–Trinajstić information content (AvgIpc) is 2.34. The summed E-state index contributed by atoms with van der Waals surface area (Å²) in [6, 6.07) is 4.58. The van der Waals surface area contributed by atoms with Crippen LogP contribution >= 0.6 is 22.6 Å². The zero-order valence-electron chi connectivity index (χ0n) is 10.1. The molecule has 1 aromatic carbocycles. The van der Waals surface area contributed by atoms with E-state index < -0.39 is 0 Å². The van der Waals surface area contributed by atoms with Crippen molar-refractivity contribution in [2.75, 3.05) is 0 Å². The SMILES string of the molecule is Cc1ccc(F)cc1Cn1cnc(C)c(I)c1=O. The average molecular weight is 358 g/mol. The molecule has 0 saturated heterocycles. The van der Waals surface area contributed by atoms with Gasteiger partial charge in [-0.15, -0.1) is 0 Å². The molecular formula is C13H12FIN2O. The smallest absolute Gasteiger partial charge is 0.267 e. The van der Waals surface area contributed by atoms with Crippen molar-refractivity contribution in [3.05, 3.63) is 61.1 Å². The number of hydrogen-bond donors (Lipinski definition) is 0. The molecule has 0 aliphatic heterocycles. The van der Waals surface area contributed by atoms with Gasteiger partial charge in [0.05, 0.1) is 22.1 Å². The molecule has 0 atom stereocenters. The first-order chi connectivity index (χ1) is 8.49. The summed E-state index contributed by atoms with van der Waals surface area (Å²) >= 11 is 1.98. The van der Waals surface area contributed by atoms with Crippen LogP contribution in [0.3, 0.4) is 0 Å². The molecule has 0 saturated carbocycles. The molecular weight excluding hydrogens is 346 g/mol. The van der Waals surface area contributed by atoms with Crippen LogP contribution in [0.4, 0.5) is 4.39 Å². The molecule has 0 unspecified atom stereocenters. The lowest BCUT2D eigenvalue weighted by Gasteiger charge is -2.09. The van der Waals surface area contributed by atoms with Gasteiger partial charge in [0, 0.05) is 0 Å². The van der Waals surface area contributed by atoms with Gasteiger partial charge in [-0.2, -0.15) is 0 Å². The monoisotopic (exact) mass is 358 g/mol. The molecule has 0 fully saturated rings. The zero-order valence-corrected chi connectivity index (χ0v) is 12.2. The van der Waals surface area contributed by atoms with Gasteiger partial charge in [-0.25, -0.2) is 9.37 Å². The highest BCUT2D eigenvalue weighted by Crippen LogP contribution is 2.11. The number of halogens is 2. The number of aromatic nitrogens is 2. The molecule has 0 aliphatic carbocycles. The van der Waals surface area contributed by atoms with Crippen molar-refractivity contribution in [2.45, 2.75) is 20.4 Å². The first kappa shape index (κ1) is 13.2. The maximum atomic E-state index is 13.2. The van der Waals surface area contributed by atoms with Crippen molar-refractivity contribution in [3.63, 3.8) is 0 Å². The Kier molecular flexibility index (Phi) is 3.79. The topological polar surface area (TPSA) is 34.9 Å². The minimum Gasteiger partial charge on any atom is -0.294 e. The van der Waals surface area contributed by atoms with Gasteiger partial charge in [-0.05, 0) is 59.7 Å². The zero-order chi connectivity index (χ0) is 13.3. The van der Waals surface area contributed by atoms with Gasteiger partial charge in [-0.3, -0.25) is 9.36 Å². The van der Waals surface area contributed by atoms with E-state index in [2.05, 4.69) is 4.98 Å². The summed E-state index contributed by atoms with van der Waals surface area (Å²) in [7, 11) is 0. The fourth-order valence-corrected chi connectivity index (χ4v) is 2.10. The summed E-state index contributed by atoms with van der Waals surface area (Å²) in [4.78, 5) is 16.2. The van der Waals surface area contributed by atoms with E-state index in [0.717, 1.165) is 11.1 Å². The van der Waals surface area contributed by atoms with E-state index in [1.165, 1.54) is 23.0 Å². The van der Waals surface area contributed by atoms with Gasteiger partial charge >= 0.3 is 0 Å². The Morgan fingerprint density at radius 3 is 2.83 bits per heavy atom. The van der Waals surface area contributed by atoms with Crippen LogP contribution in [0.2, 0.25) is 0 Å². The van der Waals surface area contributed by atoms with Crippen molar-refractivity contribution in [1.29, 1.82) is 0 Å². The number of hydrogen-bond acceptors (Lipinski definition) is 2. The summed E-state index contributed by atoms with van der Waals surface area (Å²) in [6.45, 7) is 4.03. The molecule has 2 rings (SSSR count). The molecule has 0 amide bonds. The Labute approximate surface area is 118 Å². The Hall–Kier alpha value is -1.24. The predicted octanol–water partition coefficient (Wildman–Crippen LogP) is 2.65. The molecule has 18 heavy (non-hydrogen) atoms. The second kappa shape index (κ2) is 5.17. The fraction of sp³-hybridized carbons (Fsp3) is 0.231. The molecule has 1 aromatic heterocycles. The fourth-order valence-electron chi connectivity index (χ4n) is 1.65. The van der Waals surface area contributed by atoms with Crippen LogP contribution in [0, 0.1) is 23.2 Å². The first-order valence-electron chi connectivity index (χ1n) is 5.45. The van der Waals surface area contributed by atoms with Crippen molar-refractivity contribution in [2.24, 2.45) is 0 Å². The van der Waals surface area contributed by atoms with E-state index in [9.17, 15) is 9.18 Å². The summed E-state index contributed by atoms with van der Waals surface area (Å²) in [6.07, 6.45) is 1.50. The second-order valence-electron chi connectivity index (χ2n) is 4.15. The summed E-state index contributed by atoms with van der Waals surface area (Å²) < 4.78 is 15.3. The Morgan fingerprint density at radius 2 is 2.11 bits per heavy atom. The Morgan fingerprint density at radius 1 is 1.39 bits per heavy atom. The minimum absolute atomic E-state index is 0.0910. The molecule has 0 aliphatic rings. The first-order valence-corrected chi connectivity index (χ1v) is 6.53. The van der Waals surface area contributed by atoms with Gasteiger partial charge in [-0.1, -0.05) is 6.07 Å². The van der Waals surface area contributed by atoms with Crippen LogP contribution in [0.1, 0.15) is 16.8 Å². The summed E-state index contributed by atoms with van der Waals surface area (Å²) in [5.41, 5.74) is 2.37. The van der Waals surface area contributed by atoms with Crippen LogP contribution in [0.15, 0.2) is 29.3 Å². The third-order valence-electron chi connectivity index (χ3n) is 2.81. The largest absolute Gasteiger partial charge is 0.294 e. The van der Waals surface area contributed by atoms with E-state index in [0.29, 0.717) is 15.8 Å². The van der Waals surface area contributed by atoms with Crippen molar-refractivity contribution < 1.29 is 4.39 Å². The second-order valence-corrected chi connectivity index (χ2v) is 5.23. The molecule has 0 bridgehead atoms. The molecule has 94 valence electrons. The Bertz CT molecular complexity index is 652. The molecule has 3 nitrogen and oxygen atoms in total. The van der Waals surface area contributed by atoms with Crippen LogP contribution in [0.25, 0.3) is 0 Å². The Balaban J connectivity index is 2.44. The van der Waals surface area contributed by atoms with Crippen LogP contribution in [-0.2, 0) is 6.54 Å². The maximum absolute atomic E-state index is 13.2. The van der Waals surface area contributed by atoms with E-state index in [-0.39, 0.29) is 11.4 Å². The minimum atomic E-state index is -0.293. The van der Waals surface area contributed by atoms with E-state index in [1.54, 1.807) is 13.0 Å². The molecule has 0 radical (unpaired) electrons. The lowest BCUT2D eigenvalue weighted by atomic mass is 10.1. The lowest BCUT2D eigenvalue weighted by Crippen LogP contribution is -2.24. The van der Waals surface area contributed by atoms with Gasteiger partial charge < -0.3 is 0 Å². The van der Waals surface area contributed by atoms with E-state index in [1.807, 2.05) is 29.5 Å². The third kappa shape index (κ3) is 2.60. The molecule has 0 spiro atoms. The third-order valence-corrected chi connectivity index (χ3v) is 4.05. The maximum Gasteiger partial charge on any atom is 0.267 e. The summed E-state index contributed by atoms with van der Waals surface area (Å²) in [5, 5.41) is 0. The van der Waals surface area contributed by atoms with Crippen molar-refractivity contribution in [3.8, 4) is 0 Å². The highest BCUT2D eigenvalue weighted by molar-refractivity contribution is 14.1. The summed E-state index contributed by atoms with van der Waals surface area (Å²) in [5.74, 6) is -0.293. The van der Waals surface area contributed by atoms with E-state index >= 15 is 0 Å². The van der Waals surface area contributed by atoms with Crippen molar-refractivity contribution >= 4 is 22.6 Å². The number of benzene rings is 1. The van der Waals surface area contributed by atoms with Crippen molar-refractivity contribution in [1.82, 2.24) is 9.55 Å². The number of aryl methyl sites for hydroxylation is 2. The van der Waals surface area contributed by atoms with E-state index in [4.69, 9.17) is 0 Å². The quantitative estimate of drug-likeness (QED) is 0.774. The van der Waals surface area contributed by atoms with Gasteiger partial charge in [0.2, 0.25) is 0 Å². The number of rotatable bonds is 2. The normalized spacial score (nSPS) is 10.7. The highest BCUT2D eigenvalue weighted by Gasteiger charge is 2.07. The number of nitrogens with zero attached hydrogens (tertiary/aromatic N) is 2. The predicted molar refractivity (Wildman–Crippen MR) is 76.2 cm³/mol. The molecule has 1 heterocycles. The standard InChI is InChI=1S/C13H12FIN2O/c1-8-3-4-11(14)5-10(8)6-17-7-16-9(2)12(15)13(17)18/h3-5,7H,6H2,1-2H3. The molecule has 2 aromatic rings. The van der Waals surface area contributed by atoms with Gasteiger partial charge in [0.1, 0.15) is 5.82 Å². The van der Waals surface area contributed by atoms with Gasteiger partial charge in [0.25, 0.3) is 5.56 Å². The van der Waals surface area contributed by atoms with Gasteiger partial charge in [0.15, 0.2) is 0 Å². The molecule has 5 heteroatoms. The van der Waals surface area contributed by atoms with Crippen LogP contribution in [-0.4, -0.2) is 9.55 Å².